The van der Waals surface area contributed by atoms with Crippen LogP contribution in [0.2, 0.25) is 10.0 Å². The van der Waals surface area contributed by atoms with Crippen LogP contribution in [0.1, 0.15) is 0 Å². The first-order valence-electron chi connectivity index (χ1n) is 4.42. The molecule has 17 heavy (non-hydrogen) atoms. The van der Waals surface area contributed by atoms with Crippen molar-refractivity contribution in [1.82, 2.24) is 0 Å². The maximum Gasteiger partial charge on any atom is 0.182 e. The molecular weight excluding hydrogens is 263 g/mol. The zero-order valence-corrected chi connectivity index (χ0v) is 10.3. The zero-order valence-electron chi connectivity index (χ0n) is 8.82. The van der Waals surface area contributed by atoms with Crippen LogP contribution in [0.4, 0.5) is 5.69 Å². The van der Waals surface area contributed by atoms with Gasteiger partial charge in [0, 0.05) is 5.02 Å². The largest absolute Gasteiger partial charge is 0.399 e. The molecule has 0 unspecified atom stereocenters. The Bertz CT molecular complexity index is 494. The van der Waals surface area contributed by atoms with Crippen LogP contribution in [0.3, 0.4) is 0 Å². The normalized spacial score (nSPS) is 11.3. The van der Waals surface area contributed by atoms with Gasteiger partial charge in [0.15, 0.2) is 5.71 Å². The fraction of sp³-hybridized carbons (Fsp3) is 0.100. The summed E-state index contributed by atoms with van der Waals surface area (Å²) in [5.41, 5.74) is 3.22. The van der Waals surface area contributed by atoms with E-state index in [4.69, 9.17) is 28.5 Å². The van der Waals surface area contributed by atoms with E-state index < -0.39 is 0 Å². The van der Waals surface area contributed by atoms with Gasteiger partial charge in [-0.15, -0.1) is 0 Å². The molecule has 0 aliphatic carbocycles. The van der Waals surface area contributed by atoms with E-state index in [1.165, 1.54) is 13.3 Å². The van der Waals surface area contributed by atoms with E-state index in [0.29, 0.717) is 15.7 Å². The molecule has 88 valence electrons. The molecule has 5 nitrogen and oxygen atoms in total. The molecule has 0 radical (unpaired) electrons. The highest BCUT2D eigenvalue weighted by Crippen LogP contribution is 2.25. The van der Waals surface area contributed by atoms with Crippen molar-refractivity contribution < 1.29 is 4.84 Å². The van der Waals surface area contributed by atoms with Gasteiger partial charge in [-0.3, -0.25) is 5.43 Å². The van der Waals surface area contributed by atoms with Crippen LogP contribution in [0.15, 0.2) is 28.5 Å². The van der Waals surface area contributed by atoms with E-state index in [0.717, 1.165) is 0 Å². The van der Waals surface area contributed by atoms with Crippen LogP contribution < -0.4 is 5.43 Å². The number of oxime groups is 1. The quantitative estimate of drug-likeness (QED) is 0.676. The molecule has 0 spiro atoms. The van der Waals surface area contributed by atoms with Crippen LogP contribution in [-0.4, -0.2) is 19.0 Å². The predicted octanol–water partition coefficient (Wildman–Crippen LogP) is 2.92. The first-order valence-corrected chi connectivity index (χ1v) is 5.18. The molecule has 1 aromatic rings. The van der Waals surface area contributed by atoms with Crippen molar-refractivity contribution in [2.75, 3.05) is 12.5 Å². The molecule has 0 heterocycles. The van der Waals surface area contributed by atoms with E-state index in [1.807, 2.05) is 6.07 Å². The second-order valence-electron chi connectivity index (χ2n) is 2.76. The third kappa shape index (κ3) is 4.31. The number of halogens is 2. The SMILES string of the molecule is CO/N=C\C(C#N)=N\Nc1ccc(Cl)cc1Cl. The molecule has 0 aliphatic rings. The third-order valence-electron chi connectivity index (χ3n) is 1.62. The van der Waals surface area contributed by atoms with E-state index in [2.05, 4.69) is 20.5 Å². The molecule has 1 aromatic carbocycles. The molecule has 0 atom stereocenters. The lowest BCUT2D eigenvalue weighted by molar-refractivity contribution is 0.216. The third-order valence-corrected chi connectivity index (χ3v) is 2.17. The number of nitrogens with zero attached hydrogens (tertiary/aromatic N) is 3. The number of nitrogens with one attached hydrogen (secondary N) is 1. The molecule has 1 N–H and O–H groups in total. The van der Waals surface area contributed by atoms with Crippen molar-refractivity contribution in [3.63, 3.8) is 0 Å². The van der Waals surface area contributed by atoms with Gasteiger partial charge in [0.2, 0.25) is 0 Å². The van der Waals surface area contributed by atoms with E-state index in [-0.39, 0.29) is 5.71 Å². The highest BCUT2D eigenvalue weighted by atomic mass is 35.5. The molecule has 7 heteroatoms. The molecule has 0 bridgehead atoms. The Morgan fingerprint density at radius 1 is 1.53 bits per heavy atom. The van der Waals surface area contributed by atoms with Crippen LogP contribution in [0.5, 0.6) is 0 Å². The molecule has 0 amide bonds. The number of nitriles is 1. The van der Waals surface area contributed by atoms with Crippen molar-refractivity contribution in [2.24, 2.45) is 10.3 Å². The maximum atomic E-state index is 8.72. The Balaban J connectivity index is 2.81. The van der Waals surface area contributed by atoms with Crippen LogP contribution in [0, 0.1) is 11.3 Å². The Hall–Kier alpha value is -1.77. The van der Waals surface area contributed by atoms with Crippen LogP contribution in [0.25, 0.3) is 0 Å². The maximum absolute atomic E-state index is 8.72. The van der Waals surface area contributed by atoms with E-state index in [9.17, 15) is 0 Å². The smallest absolute Gasteiger partial charge is 0.182 e. The molecule has 1 rings (SSSR count). The van der Waals surface area contributed by atoms with Crippen molar-refractivity contribution in [2.45, 2.75) is 0 Å². The monoisotopic (exact) mass is 270 g/mol. The second-order valence-corrected chi connectivity index (χ2v) is 3.61. The van der Waals surface area contributed by atoms with Crippen molar-refractivity contribution in [3.05, 3.63) is 28.2 Å². The average Bonchev–Trinajstić information content (AvgIpc) is 2.31. The topological polar surface area (TPSA) is 69.8 Å². The number of hydrogen-bond donors (Lipinski definition) is 1. The lowest BCUT2D eigenvalue weighted by atomic mass is 10.3. The lowest BCUT2D eigenvalue weighted by Gasteiger charge is -2.02. The number of hydrogen-bond acceptors (Lipinski definition) is 5. The van der Waals surface area contributed by atoms with Gasteiger partial charge in [0.1, 0.15) is 19.4 Å². The van der Waals surface area contributed by atoms with Gasteiger partial charge in [-0.05, 0) is 18.2 Å². The Morgan fingerprint density at radius 3 is 2.88 bits per heavy atom. The van der Waals surface area contributed by atoms with Gasteiger partial charge in [-0.2, -0.15) is 10.4 Å². The number of hydrazone groups is 1. The minimum atomic E-state index is 0.0536. The molecule has 0 saturated heterocycles. The summed E-state index contributed by atoms with van der Waals surface area (Å²) in [6, 6.07) is 6.70. The van der Waals surface area contributed by atoms with Crippen molar-refractivity contribution in [3.8, 4) is 6.07 Å². The highest BCUT2D eigenvalue weighted by Gasteiger charge is 2.00. The minimum absolute atomic E-state index is 0.0536. The first-order chi connectivity index (χ1) is 8.17. The summed E-state index contributed by atoms with van der Waals surface area (Å²) in [6.45, 7) is 0. The summed E-state index contributed by atoms with van der Waals surface area (Å²) >= 11 is 11.6. The fourth-order valence-corrected chi connectivity index (χ4v) is 1.34. The minimum Gasteiger partial charge on any atom is -0.399 e. The predicted molar refractivity (Wildman–Crippen MR) is 68.6 cm³/mol. The van der Waals surface area contributed by atoms with Gasteiger partial charge in [-0.25, -0.2) is 0 Å². The molecule has 0 aliphatic heterocycles. The number of benzene rings is 1. The Kier molecular flexibility index (Phi) is 5.27. The van der Waals surface area contributed by atoms with E-state index >= 15 is 0 Å². The highest BCUT2D eigenvalue weighted by molar-refractivity contribution is 6.38. The first kappa shape index (κ1) is 13.3. The standard InChI is InChI=1S/C10H8Cl2N4O/c1-17-14-6-8(5-13)15-16-10-3-2-7(11)4-9(10)12/h2-4,6,16H,1H3/b14-6-,15-8+. The summed E-state index contributed by atoms with van der Waals surface area (Å²) < 4.78 is 0. The zero-order chi connectivity index (χ0) is 12.7. The summed E-state index contributed by atoms with van der Waals surface area (Å²) in [5.74, 6) is 0. The Morgan fingerprint density at radius 2 is 2.29 bits per heavy atom. The molecule has 0 saturated carbocycles. The number of rotatable bonds is 4. The molecule has 0 fully saturated rings. The van der Waals surface area contributed by atoms with Crippen molar-refractivity contribution >= 4 is 40.8 Å². The van der Waals surface area contributed by atoms with Gasteiger partial charge in [0.05, 0.1) is 10.7 Å². The Labute approximate surface area is 108 Å². The van der Waals surface area contributed by atoms with Gasteiger partial charge < -0.3 is 4.84 Å². The summed E-state index contributed by atoms with van der Waals surface area (Å²) in [7, 11) is 1.37. The summed E-state index contributed by atoms with van der Waals surface area (Å²) in [4.78, 5) is 4.43. The second kappa shape index (κ2) is 6.74. The van der Waals surface area contributed by atoms with Crippen LogP contribution in [-0.2, 0) is 4.84 Å². The van der Waals surface area contributed by atoms with Gasteiger partial charge >= 0.3 is 0 Å². The van der Waals surface area contributed by atoms with E-state index in [1.54, 1.807) is 18.2 Å². The summed E-state index contributed by atoms with van der Waals surface area (Å²) in [6.07, 6.45) is 1.18. The summed E-state index contributed by atoms with van der Waals surface area (Å²) in [5, 5.41) is 16.9. The van der Waals surface area contributed by atoms with Gasteiger partial charge in [-0.1, -0.05) is 28.4 Å². The van der Waals surface area contributed by atoms with Crippen molar-refractivity contribution in [1.29, 1.82) is 5.26 Å². The number of anilines is 1. The van der Waals surface area contributed by atoms with Gasteiger partial charge in [0.25, 0.3) is 0 Å². The molecular formula is C10H8Cl2N4O. The van der Waals surface area contributed by atoms with Crippen LogP contribution >= 0.6 is 23.2 Å². The molecule has 0 aromatic heterocycles. The fourth-order valence-electron chi connectivity index (χ4n) is 0.886. The lowest BCUT2D eigenvalue weighted by Crippen LogP contribution is -2.01. The average molecular weight is 271 g/mol.